The van der Waals surface area contributed by atoms with Crippen molar-refractivity contribution in [3.8, 4) is 17.7 Å². The highest BCUT2D eigenvalue weighted by Gasteiger charge is 2.29. The van der Waals surface area contributed by atoms with E-state index in [4.69, 9.17) is 16.8 Å². The normalized spacial score (nSPS) is 12.6. The number of H-pyrrole nitrogens is 2. The molecule has 52 heavy (non-hydrogen) atoms. The summed E-state index contributed by atoms with van der Waals surface area (Å²) >= 11 is 0. The van der Waals surface area contributed by atoms with Crippen LogP contribution in [0.3, 0.4) is 0 Å². The molecule has 0 unspecified atom stereocenters. The number of rotatable bonds is 6. The zero-order valence-electron chi connectivity index (χ0n) is 30.2. The van der Waals surface area contributed by atoms with E-state index in [9.17, 15) is 5.26 Å². The van der Waals surface area contributed by atoms with E-state index in [1.165, 1.54) is 15.7 Å². The number of nitriles is 1. The summed E-state index contributed by atoms with van der Waals surface area (Å²) < 4.78 is 6.17. The topological polar surface area (TPSA) is 231 Å². The van der Waals surface area contributed by atoms with Gasteiger partial charge in [-0.05, 0) is 27.7 Å². The van der Waals surface area contributed by atoms with Crippen molar-refractivity contribution in [3.05, 3.63) is 63.8 Å². The van der Waals surface area contributed by atoms with E-state index >= 15 is 0 Å². The van der Waals surface area contributed by atoms with Crippen LogP contribution >= 0.6 is 0 Å². The van der Waals surface area contributed by atoms with Gasteiger partial charge in [0.15, 0.2) is 45.9 Å². The molecule has 0 aliphatic rings. The zero-order chi connectivity index (χ0) is 37.3. The van der Waals surface area contributed by atoms with Gasteiger partial charge in [0, 0.05) is 16.9 Å². The molecule has 2 N–H and O–H groups in total. The predicted molar refractivity (Wildman–Crippen MR) is 187 cm³/mol. The molecule has 7 heterocycles. The van der Waals surface area contributed by atoms with Gasteiger partial charge in [-0.15, -0.1) is 20.5 Å². The molecule has 0 aliphatic carbocycles. The summed E-state index contributed by atoms with van der Waals surface area (Å²) in [4.78, 5) is 12.6. The van der Waals surface area contributed by atoms with Crippen LogP contribution in [-0.2, 0) is 10.8 Å². The molecule has 0 saturated heterocycles. The van der Waals surface area contributed by atoms with Crippen LogP contribution < -0.4 is 0 Å². The molecule has 0 bridgehead atoms. The fraction of sp³-hybridized carbons (Fsp3) is 0.375. The monoisotopic (exact) mass is 698 g/mol. The lowest BCUT2D eigenvalue weighted by Gasteiger charge is -2.15. The minimum absolute atomic E-state index is 0.147. The molecular weight excluding hydrogens is 664 g/mol. The van der Waals surface area contributed by atoms with Crippen LogP contribution in [0.2, 0.25) is 0 Å². The van der Waals surface area contributed by atoms with Crippen molar-refractivity contribution >= 4 is 40.0 Å². The number of azo groups is 2. The largest absolute Gasteiger partial charge is 0.258 e. The Hall–Kier alpha value is -6.96. The second kappa shape index (κ2) is 11.8. The number of hydrogen-bond acceptors (Lipinski definition) is 13. The molecule has 0 aromatic carbocycles. The lowest BCUT2D eigenvalue weighted by Crippen LogP contribution is -2.12. The maximum atomic E-state index is 10.1. The van der Waals surface area contributed by atoms with Crippen molar-refractivity contribution in [2.45, 2.75) is 80.1 Å². The molecule has 7 rings (SSSR count). The third-order valence-electron chi connectivity index (χ3n) is 8.23. The summed E-state index contributed by atoms with van der Waals surface area (Å²) in [5.74, 6) is 2.15. The molecule has 0 fully saturated rings. The van der Waals surface area contributed by atoms with Crippen molar-refractivity contribution in [1.82, 2.24) is 69.2 Å². The summed E-state index contributed by atoms with van der Waals surface area (Å²) in [6.07, 6.45) is 1.32. The number of nitrogens with zero attached hydrogens (tertiary/aromatic N) is 18. The summed E-state index contributed by atoms with van der Waals surface area (Å²) in [7, 11) is 0. The quantitative estimate of drug-likeness (QED) is 0.139. The van der Waals surface area contributed by atoms with Gasteiger partial charge in [-0.3, -0.25) is 10.2 Å². The first-order valence-electron chi connectivity index (χ1n) is 16.1. The third-order valence-corrected chi connectivity index (χ3v) is 8.23. The van der Waals surface area contributed by atoms with Crippen LogP contribution in [0.15, 0.2) is 32.9 Å². The van der Waals surface area contributed by atoms with Gasteiger partial charge in [0.25, 0.3) is 5.69 Å². The van der Waals surface area contributed by atoms with Crippen molar-refractivity contribution in [3.63, 3.8) is 0 Å². The summed E-state index contributed by atoms with van der Waals surface area (Å²) in [6.45, 7) is 27.1. The second-order valence-corrected chi connectivity index (χ2v) is 14.2. The van der Waals surface area contributed by atoms with Gasteiger partial charge in [0.05, 0.1) is 29.3 Å². The summed E-state index contributed by atoms with van der Waals surface area (Å²) in [5.41, 5.74) is 3.99. The summed E-state index contributed by atoms with van der Waals surface area (Å²) in [6, 6.07) is 3.79. The number of hydrogen-bond donors (Lipinski definition) is 2. The predicted octanol–water partition coefficient (Wildman–Crippen LogP) is 6.67. The molecule has 7 aromatic rings. The highest BCUT2D eigenvalue weighted by Crippen LogP contribution is 2.39. The third kappa shape index (κ3) is 5.37. The lowest BCUT2D eigenvalue weighted by atomic mass is 9.91. The molecule has 20 heteroatoms. The van der Waals surface area contributed by atoms with Crippen LogP contribution in [0.5, 0.6) is 0 Å². The van der Waals surface area contributed by atoms with Gasteiger partial charge in [0.1, 0.15) is 29.6 Å². The Morgan fingerprint density at radius 1 is 0.712 bits per heavy atom. The highest BCUT2D eigenvalue weighted by atomic mass is 15.4. The van der Waals surface area contributed by atoms with Gasteiger partial charge in [-0.1, -0.05) is 41.5 Å². The van der Waals surface area contributed by atoms with E-state index in [-0.39, 0.29) is 45.4 Å². The molecule has 0 atom stereocenters. The molecule has 0 spiro atoms. The zero-order valence-corrected chi connectivity index (χ0v) is 30.2. The van der Waals surface area contributed by atoms with Crippen LogP contribution in [0.4, 0.5) is 28.7 Å². The van der Waals surface area contributed by atoms with Gasteiger partial charge in [-0.25, -0.2) is 19.5 Å². The van der Waals surface area contributed by atoms with Crippen molar-refractivity contribution in [2.24, 2.45) is 20.5 Å². The van der Waals surface area contributed by atoms with Crippen molar-refractivity contribution < 1.29 is 0 Å². The first-order chi connectivity index (χ1) is 24.6. The standard InChI is InChI=1S/C32H34N20/c1-15-19(13-33)27(41-39-23-25(31(5,6)7)47-49-17(3)37-42-29(23)49)51(45-15)20-12-21(36-14-35-20)52-28(22(34-11)16(2)46-52)44-40-24-26(32(8,9)10)48-50-18(4)38-43-30(24)50/h12,14,42-43H,1-10H3/b41-39+,44-40+. The van der Waals surface area contributed by atoms with Crippen molar-refractivity contribution in [2.75, 3.05) is 0 Å². The Kier molecular flexibility index (Phi) is 7.63. The number of nitrogens with one attached hydrogen (secondary N) is 2. The van der Waals surface area contributed by atoms with Crippen molar-refractivity contribution in [1.29, 1.82) is 5.26 Å². The van der Waals surface area contributed by atoms with E-state index in [0.29, 0.717) is 57.1 Å². The molecule has 0 amide bonds. The van der Waals surface area contributed by atoms with E-state index in [1.54, 1.807) is 28.9 Å². The first-order valence-corrected chi connectivity index (χ1v) is 16.1. The number of fused-ring (bicyclic) bond motifs is 2. The molecule has 0 saturated carbocycles. The second-order valence-electron chi connectivity index (χ2n) is 14.2. The molecule has 20 nitrogen and oxygen atoms in total. The Balaban J connectivity index is 1.34. The number of aryl methyl sites for hydroxylation is 4. The van der Waals surface area contributed by atoms with Gasteiger partial charge >= 0.3 is 0 Å². The van der Waals surface area contributed by atoms with Crippen LogP contribution in [0.25, 0.3) is 27.8 Å². The lowest BCUT2D eigenvalue weighted by molar-refractivity contribution is 0.561. The Morgan fingerprint density at radius 2 is 1.19 bits per heavy atom. The van der Waals surface area contributed by atoms with Crippen LogP contribution in [0, 0.1) is 45.6 Å². The maximum absolute atomic E-state index is 10.1. The van der Waals surface area contributed by atoms with Crippen LogP contribution in [-0.4, -0.2) is 69.2 Å². The Morgan fingerprint density at radius 3 is 1.67 bits per heavy atom. The molecule has 0 radical (unpaired) electrons. The number of aromatic nitrogens is 14. The minimum Gasteiger partial charge on any atom is -0.258 e. The smallest absolute Gasteiger partial charge is 0.255 e. The fourth-order valence-electron chi connectivity index (χ4n) is 5.60. The maximum Gasteiger partial charge on any atom is 0.255 e. The van der Waals surface area contributed by atoms with E-state index in [2.05, 4.69) is 71.9 Å². The fourth-order valence-corrected chi connectivity index (χ4v) is 5.60. The van der Waals surface area contributed by atoms with E-state index < -0.39 is 0 Å². The van der Waals surface area contributed by atoms with Gasteiger partial charge < -0.3 is 0 Å². The average Bonchev–Trinajstić information content (AvgIpc) is 3.92. The van der Waals surface area contributed by atoms with E-state index in [0.717, 1.165) is 0 Å². The number of aromatic amines is 2. The molecule has 0 aliphatic heterocycles. The first kappa shape index (κ1) is 33.5. The Bertz CT molecular complexity index is 2490. The SMILES string of the molecule is [C-]#[N+]c1c(C)nn(-c2cc(-n3nc(C)c(C#N)c3/N=N/c3c(C(C)(C)C)nn4c(C)n[nH]c34)ncn2)c1/N=N/c1c(C(C)(C)C)nn2c(C)n[nH]c12. The molecule has 262 valence electrons. The highest BCUT2D eigenvalue weighted by molar-refractivity contribution is 5.71. The molecular formula is C32H34N20. The Labute approximate surface area is 296 Å². The van der Waals surface area contributed by atoms with E-state index in [1.807, 2.05) is 55.4 Å². The molecule has 7 aromatic heterocycles. The van der Waals surface area contributed by atoms with Crippen LogP contribution in [0.1, 0.15) is 81.5 Å². The van der Waals surface area contributed by atoms with Gasteiger partial charge in [0.2, 0.25) is 0 Å². The van der Waals surface area contributed by atoms with Gasteiger partial charge in [-0.2, -0.15) is 49.6 Å². The average molecular weight is 699 g/mol. The summed E-state index contributed by atoms with van der Waals surface area (Å²) in [5, 5.41) is 61.5. The minimum atomic E-state index is -0.375.